The molecule has 0 aliphatic heterocycles. The smallest absolute Gasteiger partial charge is 0.264 e. The average Bonchev–Trinajstić information content (AvgIpc) is 3.10. The van der Waals surface area contributed by atoms with Crippen molar-refractivity contribution >= 4 is 27.5 Å². The van der Waals surface area contributed by atoms with Crippen LogP contribution in [-0.4, -0.2) is 43.8 Å². The Hall–Kier alpha value is -5.41. The minimum atomic E-state index is -4.23. The second-order valence-electron chi connectivity index (χ2n) is 12.6. The number of benzene rings is 5. The number of aryl methyl sites for hydroxylation is 2. The van der Waals surface area contributed by atoms with Crippen molar-refractivity contribution in [3.63, 3.8) is 0 Å². The van der Waals surface area contributed by atoms with E-state index < -0.39 is 28.5 Å². The molecule has 0 bridgehead atoms. The third-order valence-electron chi connectivity index (χ3n) is 8.30. The Morgan fingerprint density at radius 2 is 1.30 bits per heavy atom. The van der Waals surface area contributed by atoms with Crippen LogP contribution in [0.25, 0.3) is 0 Å². The first-order valence-corrected chi connectivity index (χ1v) is 18.1. The highest BCUT2D eigenvalue weighted by atomic mass is 32.2. The fourth-order valence-electron chi connectivity index (χ4n) is 5.58. The van der Waals surface area contributed by atoms with Gasteiger partial charge in [0.15, 0.2) is 0 Å². The van der Waals surface area contributed by atoms with Crippen LogP contribution in [0.2, 0.25) is 0 Å². The van der Waals surface area contributed by atoms with Crippen molar-refractivity contribution in [1.29, 1.82) is 0 Å². The van der Waals surface area contributed by atoms with Crippen LogP contribution in [0.3, 0.4) is 0 Å². The summed E-state index contributed by atoms with van der Waals surface area (Å²) >= 11 is 0. The molecule has 8 nitrogen and oxygen atoms in total. The van der Waals surface area contributed by atoms with Gasteiger partial charge in [-0.3, -0.25) is 13.9 Å². The van der Waals surface area contributed by atoms with Gasteiger partial charge < -0.3 is 15.0 Å². The summed E-state index contributed by atoms with van der Waals surface area (Å²) in [4.78, 5) is 30.2. The highest BCUT2D eigenvalue weighted by Gasteiger charge is 2.35. The fraction of sp³-hybridized carbons (Fsp3) is 0.220. The third kappa shape index (κ3) is 9.18. The number of nitrogens with zero attached hydrogens (tertiary/aromatic N) is 2. The summed E-state index contributed by atoms with van der Waals surface area (Å²) in [5.74, 6) is 0.304. The molecular weight excluding hydrogens is 647 g/mol. The van der Waals surface area contributed by atoms with Crippen LogP contribution in [0, 0.1) is 13.8 Å². The summed E-state index contributed by atoms with van der Waals surface area (Å²) in [6.07, 6.45) is 0.243. The topological polar surface area (TPSA) is 96.0 Å². The van der Waals surface area contributed by atoms with E-state index in [1.807, 2.05) is 113 Å². The molecule has 2 amide bonds. The van der Waals surface area contributed by atoms with Gasteiger partial charge in [-0.05, 0) is 92.9 Å². The molecule has 5 rings (SSSR count). The van der Waals surface area contributed by atoms with Crippen molar-refractivity contribution in [2.24, 2.45) is 0 Å². The number of carbonyl (C=O) groups is 2. The first-order chi connectivity index (χ1) is 24.0. The Bertz CT molecular complexity index is 1980. The van der Waals surface area contributed by atoms with Crippen molar-refractivity contribution in [3.8, 4) is 11.5 Å². The van der Waals surface area contributed by atoms with Crippen molar-refractivity contribution in [1.82, 2.24) is 10.2 Å². The maximum atomic E-state index is 14.7. The van der Waals surface area contributed by atoms with Crippen molar-refractivity contribution in [2.45, 2.75) is 57.6 Å². The molecule has 50 heavy (non-hydrogen) atoms. The third-order valence-corrected chi connectivity index (χ3v) is 10.1. The fourth-order valence-corrected chi connectivity index (χ4v) is 6.99. The molecule has 0 aliphatic rings. The first-order valence-electron chi connectivity index (χ1n) is 16.6. The van der Waals surface area contributed by atoms with Gasteiger partial charge in [-0.1, -0.05) is 90.5 Å². The number of carbonyl (C=O) groups excluding carboxylic acids is 2. The first kappa shape index (κ1) is 35.9. The molecule has 0 radical (unpaired) electrons. The molecule has 9 heteroatoms. The van der Waals surface area contributed by atoms with E-state index in [0.717, 1.165) is 26.6 Å². The Balaban J connectivity index is 1.56. The molecule has 0 heterocycles. The van der Waals surface area contributed by atoms with Crippen LogP contribution in [0.4, 0.5) is 5.69 Å². The Kier molecular flexibility index (Phi) is 11.7. The van der Waals surface area contributed by atoms with Gasteiger partial charge >= 0.3 is 0 Å². The van der Waals surface area contributed by atoms with Crippen LogP contribution in [0.15, 0.2) is 138 Å². The zero-order valence-corrected chi connectivity index (χ0v) is 29.6. The summed E-state index contributed by atoms with van der Waals surface area (Å²) in [5, 5.41) is 2.99. The molecule has 0 aromatic heterocycles. The van der Waals surface area contributed by atoms with E-state index in [1.54, 1.807) is 36.4 Å². The summed E-state index contributed by atoms with van der Waals surface area (Å²) in [6.45, 7) is 7.13. The SMILES string of the molecule is Cc1ccc(S(=O)(=O)N(CC(=O)N(Cc2ccccc2C)C(Cc2ccccc2)C(=O)NC(C)C)c2ccc(Oc3ccccc3)cc2)cc1. The van der Waals surface area contributed by atoms with E-state index in [1.165, 1.54) is 17.0 Å². The predicted molar refractivity (Wildman–Crippen MR) is 198 cm³/mol. The quantitative estimate of drug-likeness (QED) is 0.131. The second kappa shape index (κ2) is 16.3. The molecule has 1 atom stereocenters. The lowest BCUT2D eigenvalue weighted by Gasteiger charge is -2.34. The second-order valence-corrected chi connectivity index (χ2v) is 14.4. The van der Waals surface area contributed by atoms with Crippen molar-refractivity contribution < 1.29 is 22.7 Å². The van der Waals surface area contributed by atoms with E-state index >= 15 is 0 Å². The molecule has 0 saturated carbocycles. The normalized spacial score (nSPS) is 11.9. The number of rotatable bonds is 14. The van der Waals surface area contributed by atoms with Crippen LogP contribution in [-0.2, 0) is 32.6 Å². The van der Waals surface area contributed by atoms with Gasteiger partial charge in [0.1, 0.15) is 24.1 Å². The minimum absolute atomic E-state index is 0.0457. The number of hydrogen-bond donors (Lipinski definition) is 1. The lowest BCUT2D eigenvalue weighted by molar-refractivity contribution is -0.140. The summed E-state index contributed by atoms with van der Waals surface area (Å²) in [7, 11) is -4.23. The van der Waals surface area contributed by atoms with Crippen LogP contribution < -0.4 is 14.4 Å². The molecule has 0 saturated heterocycles. The van der Waals surface area contributed by atoms with Crippen molar-refractivity contribution in [2.75, 3.05) is 10.8 Å². The standard InChI is InChI=1S/C41H43N3O5S/c1-30(2)42-41(46)39(27-33-14-7-5-8-15-33)43(28-34-16-12-11-13-32(34)4)40(45)29-44(50(47,48)38-25-19-31(3)20-26-38)35-21-23-37(24-22-35)49-36-17-9-6-10-18-36/h5-26,30,39H,27-29H2,1-4H3,(H,42,46). The molecule has 0 spiro atoms. The molecule has 0 fully saturated rings. The van der Waals surface area contributed by atoms with Gasteiger partial charge in [-0.15, -0.1) is 0 Å². The number of ether oxygens (including phenoxy) is 1. The largest absolute Gasteiger partial charge is 0.457 e. The van der Waals surface area contributed by atoms with Gasteiger partial charge in [0.2, 0.25) is 11.8 Å². The highest BCUT2D eigenvalue weighted by molar-refractivity contribution is 7.92. The van der Waals surface area contributed by atoms with Crippen LogP contribution in [0.1, 0.15) is 36.1 Å². The summed E-state index contributed by atoms with van der Waals surface area (Å²) in [5.41, 5.74) is 3.86. The van der Waals surface area contributed by atoms with Gasteiger partial charge in [0.05, 0.1) is 10.6 Å². The van der Waals surface area contributed by atoms with Gasteiger partial charge in [0.25, 0.3) is 10.0 Å². The molecule has 1 unspecified atom stereocenters. The number of hydrogen-bond acceptors (Lipinski definition) is 5. The number of nitrogens with one attached hydrogen (secondary N) is 1. The number of anilines is 1. The van der Waals surface area contributed by atoms with Gasteiger partial charge in [0, 0.05) is 19.0 Å². The van der Waals surface area contributed by atoms with Gasteiger partial charge in [-0.25, -0.2) is 8.42 Å². The van der Waals surface area contributed by atoms with E-state index in [-0.39, 0.29) is 35.5 Å². The molecule has 258 valence electrons. The van der Waals surface area contributed by atoms with Crippen LogP contribution >= 0.6 is 0 Å². The number of para-hydroxylation sites is 1. The Morgan fingerprint density at radius 1 is 0.720 bits per heavy atom. The lowest BCUT2D eigenvalue weighted by atomic mass is 10.0. The van der Waals surface area contributed by atoms with Gasteiger partial charge in [-0.2, -0.15) is 0 Å². The minimum Gasteiger partial charge on any atom is -0.457 e. The van der Waals surface area contributed by atoms with E-state index in [4.69, 9.17) is 4.74 Å². The Morgan fingerprint density at radius 3 is 1.92 bits per heavy atom. The molecule has 5 aromatic rings. The maximum absolute atomic E-state index is 14.7. The van der Waals surface area contributed by atoms with Crippen molar-refractivity contribution in [3.05, 3.63) is 156 Å². The molecular formula is C41H43N3O5S. The highest BCUT2D eigenvalue weighted by Crippen LogP contribution is 2.29. The molecule has 0 aliphatic carbocycles. The molecule has 1 N–H and O–H groups in total. The lowest BCUT2D eigenvalue weighted by Crippen LogP contribution is -2.54. The molecule has 5 aromatic carbocycles. The summed E-state index contributed by atoms with van der Waals surface area (Å²) < 4.78 is 35.8. The predicted octanol–water partition coefficient (Wildman–Crippen LogP) is 7.46. The number of amides is 2. The Labute approximate surface area is 295 Å². The maximum Gasteiger partial charge on any atom is 0.264 e. The zero-order valence-electron chi connectivity index (χ0n) is 28.8. The van der Waals surface area contributed by atoms with E-state index in [2.05, 4.69) is 5.32 Å². The summed E-state index contributed by atoms with van der Waals surface area (Å²) in [6, 6.07) is 38.4. The van der Waals surface area contributed by atoms with Crippen LogP contribution in [0.5, 0.6) is 11.5 Å². The zero-order chi connectivity index (χ0) is 35.7. The number of sulfonamides is 1. The van der Waals surface area contributed by atoms with E-state index in [0.29, 0.717) is 11.5 Å². The van der Waals surface area contributed by atoms with E-state index in [9.17, 15) is 18.0 Å². The monoisotopic (exact) mass is 689 g/mol. The average molecular weight is 690 g/mol.